The Kier molecular flexibility index (Phi) is 4.52. The molecule has 1 saturated heterocycles. The van der Waals surface area contributed by atoms with Gasteiger partial charge in [-0.2, -0.15) is 0 Å². The van der Waals surface area contributed by atoms with Gasteiger partial charge in [0.05, 0.1) is 10.5 Å². The van der Waals surface area contributed by atoms with Crippen molar-refractivity contribution in [2.75, 3.05) is 26.2 Å². The predicted octanol–water partition coefficient (Wildman–Crippen LogP) is 2.29. The Morgan fingerprint density at radius 3 is 2.90 bits per heavy atom. The van der Waals surface area contributed by atoms with Gasteiger partial charge in [0.2, 0.25) is 0 Å². The summed E-state index contributed by atoms with van der Waals surface area (Å²) in [6, 6.07) is 6.82. The van der Waals surface area contributed by atoms with E-state index >= 15 is 0 Å². The van der Waals surface area contributed by atoms with Gasteiger partial charge < -0.3 is 5.32 Å². The summed E-state index contributed by atoms with van der Waals surface area (Å²) in [6.45, 7) is 8.15. The van der Waals surface area contributed by atoms with Crippen molar-refractivity contribution in [3.8, 4) is 0 Å². The van der Waals surface area contributed by atoms with E-state index in [0.29, 0.717) is 5.56 Å². The molecule has 108 valence electrons. The molecule has 5 nitrogen and oxygen atoms in total. The molecule has 0 aromatic heterocycles. The molecule has 0 atom stereocenters. The summed E-state index contributed by atoms with van der Waals surface area (Å²) >= 11 is 0. The van der Waals surface area contributed by atoms with E-state index in [1.165, 1.54) is 6.07 Å². The maximum Gasteiger partial charge on any atom is 0.276 e. The fraction of sp³-hybridized carbons (Fsp3) is 0.467. The van der Waals surface area contributed by atoms with Crippen molar-refractivity contribution in [1.29, 1.82) is 0 Å². The van der Waals surface area contributed by atoms with Crippen molar-refractivity contribution >= 4 is 11.8 Å². The normalized spacial score (nSPS) is 19.3. The number of rotatable bonds is 4. The lowest BCUT2D eigenvalue weighted by Crippen LogP contribution is -2.56. The summed E-state index contributed by atoms with van der Waals surface area (Å²) in [5.74, 6) is 0. The van der Waals surface area contributed by atoms with E-state index in [1.54, 1.807) is 12.1 Å². The van der Waals surface area contributed by atoms with Crippen LogP contribution in [0.25, 0.3) is 6.08 Å². The first-order chi connectivity index (χ1) is 9.48. The van der Waals surface area contributed by atoms with Gasteiger partial charge in [0.15, 0.2) is 0 Å². The highest BCUT2D eigenvalue weighted by molar-refractivity contribution is 5.60. The zero-order valence-electron chi connectivity index (χ0n) is 12.0. The van der Waals surface area contributed by atoms with Crippen LogP contribution in [0.3, 0.4) is 0 Å². The molecule has 2 rings (SSSR count). The summed E-state index contributed by atoms with van der Waals surface area (Å²) in [5, 5.41) is 14.4. The Hall–Kier alpha value is -1.72. The first kappa shape index (κ1) is 14.7. The average Bonchev–Trinajstić information content (AvgIpc) is 2.38. The molecule has 0 radical (unpaired) electrons. The molecular formula is C15H21N3O2. The zero-order valence-corrected chi connectivity index (χ0v) is 12.0. The highest BCUT2D eigenvalue weighted by Crippen LogP contribution is 2.19. The number of para-hydroxylation sites is 1. The highest BCUT2D eigenvalue weighted by Gasteiger charge is 2.24. The van der Waals surface area contributed by atoms with Crippen LogP contribution in [0.5, 0.6) is 0 Å². The standard InChI is InChI=1S/C15H21N3O2/c1-15(2)12-17(11-9-16-15)10-5-7-13-6-3-4-8-14(13)18(19)20/h3-8,16H,9-12H2,1-2H3/b7-5+. The van der Waals surface area contributed by atoms with E-state index in [2.05, 4.69) is 24.1 Å². The average molecular weight is 275 g/mol. The second-order valence-corrected chi connectivity index (χ2v) is 5.76. The molecule has 0 amide bonds. The van der Waals surface area contributed by atoms with Crippen LogP contribution in [0.1, 0.15) is 19.4 Å². The number of nitro benzene ring substituents is 1. The van der Waals surface area contributed by atoms with Crippen LogP contribution in [0.4, 0.5) is 5.69 Å². The third kappa shape index (κ3) is 3.88. The van der Waals surface area contributed by atoms with E-state index in [4.69, 9.17) is 0 Å². The Morgan fingerprint density at radius 1 is 1.45 bits per heavy atom. The van der Waals surface area contributed by atoms with Crippen LogP contribution in [0.15, 0.2) is 30.3 Å². The summed E-state index contributed by atoms with van der Waals surface area (Å²) in [6.07, 6.45) is 3.84. The van der Waals surface area contributed by atoms with Gasteiger partial charge in [-0.3, -0.25) is 15.0 Å². The maximum absolute atomic E-state index is 10.9. The molecule has 5 heteroatoms. The Labute approximate surface area is 119 Å². The van der Waals surface area contributed by atoms with Crippen molar-refractivity contribution in [2.24, 2.45) is 0 Å². The summed E-state index contributed by atoms with van der Waals surface area (Å²) in [4.78, 5) is 12.9. The molecule has 0 aliphatic carbocycles. The lowest BCUT2D eigenvalue weighted by Gasteiger charge is -2.38. The second kappa shape index (κ2) is 6.15. The van der Waals surface area contributed by atoms with Crippen LogP contribution in [-0.2, 0) is 0 Å². The van der Waals surface area contributed by atoms with Crippen LogP contribution < -0.4 is 5.32 Å². The molecule has 1 aromatic carbocycles. The van der Waals surface area contributed by atoms with Crippen molar-refractivity contribution < 1.29 is 4.92 Å². The van der Waals surface area contributed by atoms with Gasteiger partial charge in [-0.05, 0) is 19.9 Å². The van der Waals surface area contributed by atoms with Gasteiger partial charge in [0.1, 0.15) is 0 Å². The minimum atomic E-state index is -0.340. The molecule has 1 aliphatic rings. The van der Waals surface area contributed by atoms with Crippen molar-refractivity contribution in [3.05, 3.63) is 46.0 Å². The summed E-state index contributed by atoms with van der Waals surface area (Å²) in [7, 11) is 0. The molecule has 0 bridgehead atoms. The molecule has 20 heavy (non-hydrogen) atoms. The first-order valence-electron chi connectivity index (χ1n) is 6.85. The molecule has 0 spiro atoms. The Balaban J connectivity index is 1.99. The van der Waals surface area contributed by atoms with Gasteiger partial charge in [-0.1, -0.05) is 24.3 Å². The molecule has 0 unspecified atom stereocenters. The molecule has 0 saturated carbocycles. The van der Waals surface area contributed by atoms with Gasteiger partial charge in [0, 0.05) is 37.8 Å². The Bertz CT molecular complexity index is 512. The number of benzene rings is 1. The second-order valence-electron chi connectivity index (χ2n) is 5.76. The number of hydrogen-bond acceptors (Lipinski definition) is 4. The number of nitrogens with one attached hydrogen (secondary N) is 1. The van der Waals surface area contributed by atoms with Crippen LogP contribution >= 0.6 is 0 Å². The lowest BCUT2D eigenvalue weighted by molar-refractivity contribution is -0.385. The van der Waals surface area contributed by atoms with Gasteiger partial charge >= 0.3 is 0 Å². The largest absolute Gasteiger partial charge is 0.309 e. The minimum Gasteiger partial charge on any atom is -0.309 e. The van der Waals surface area contributed by atoms with Crippen molar-refractivity contribution in [1.82, 2.24) is 10.2 Å². The number of nitrogens with zero attached hydrogens (tertiary/aromatic N) is 2. The van der Waals surface area contributed by atoms with E-state index < -0.39 is 0 Å². The van der Waals surface area contributed by atoms with E-state index in [-0.39, 0.29) is 16.1 Å². The first-order valence-corrected chi connectivity index (χ1v) is 6.85. The molecular weight excluding hydrogens is 254 g/mol. The molecule has 1 aliphatic heterocycles. The molecule has 1 fully saturated rings. The van der Waals surface area contributed by atoms with Crippen molar-refractivity contribution in [3.63, 3.8) is 0 Å². The fourth-order valence-corrected chi connectivity index (χ4v) is 2.53. The number of nitro groups is 1. The fourth-order valence-electron chi connectivity index (χ4n) is 2.53. The topological polar surface area (TPSA) is 58.4 Å². The minimum absolute atomic E-state index is 0.130. The smallest absolute Gasteiger partial charge is 0.276 e. The van der Waals surface area contributed by atoms with Gasteiger partial charge in [-0.25, -0.2) is 0 Å². The SMILES string of the molecule is CC1(C)CN(C/C=C/c2ccccc2[N+](=O)[O-])CCN1. The maximum atomic E-state index is 10.9. The molecule has 1 heterocycles. The third-order valence-electron chi connectivity index (χ3n) is 3.44. The number of piperazine rings is 1. The number of hydrogen-bond donors (Lipinski definition) is 1. The van der Waals surface area contributed by atoms with E-state index in [1.807, 2.05) is 18.2 Å². The zero-order chi connectivity index (χ0) is 14.6. The van der Waals surface area contributed by atoms with Gasteiger partial charge in [0.25, 0.3) is 5.69 Å². The van der Waals surface area contributed by atoms with E-state index in [9.17, 15) is 10.1 Å². The highest BCUT2D eigenvalue weighted by atomic mass is 16.6. The van der Waals surface area contributed by atoms with E-state index in [0.717, 1.165) is 26.2 Å². The van der Waals surface area contributed by atoms with Gasteiger partial charge in [-0.15, -0.1) is 0 Å². The van der Waals surface area contributed by atoms with Crippen LogP contribution in [0, 0.1) is 10.1 Å². The summed E-state index contributed by atoms with van der Waals surface area (Å²) < 4.78 is 0. The van der Waals surface area contributed by atoms with Crippen LogP contribution in [0.2, 0.25) is 0 Å². The molecule has 1 aromatic rings. The van der Waals surface area contributed by atoms with Crippen LogP contribution in [-0.4, -0.2) is 41.5 Å². The summed E-state index contributed by atoms with van der Waals surface area (Å²) in [5.41, 5.74) is 0.946. The lowest BCUT2D eigenvalue weighted by atomic mass is 10.0. The predicted molar refractivity (Wildman–Crippen MR) is 80.7 cm³/mol. The van der Waals surface area contributed by atoms with Crippen molar-refractivity contribution in [2.45, 2.75) is 19.4 Å². The third-order valence-corrected chi connectivity index (χ3v) is 3.44. The Morgan fingerprint density at radius 2 is 2.20 bits per heavy atom. The monoisotopic (exact) mass is 275 g/mol. The molecule has 1 N–H and O–H groups in total. The quantitative estimate of drug-likeness (QED) is 0.676.